The molecule has 1 atom stereocenters. The van der Waals surface area contributed by atoms with Crippen molar-refractivity contribution in [3.05, 3.63) is 58.8 Å². The number of hydrogen-bond acceptors (Lipinski definition) is 3. The maximum Gasteiger partial charge on any atom is 0.323 e. The molecule has 1 unspecified atom stereocenters. The summed E-state index contributed by atoms with van der Waals surface area (Å²) >= 11 is 0. The second-order valence-corrected chi connectivity index (χ2v) is 6.26. The molecule has 2 amide bonds. The van der Waals surface area contributed by atoms with Gasteiger partial charge in [0.1, 0.15) is 5.82 Å². The highest BCUT2D eigenvalue weighted by Crippen LogP contribution is 2.14. The van der Waals surface area contributed by atoms with Crippen molar-refractivity contribution in [3.8, 4) is 0 Å². The second-order valence-electron chi connectivity index (χ2n) is 6.26. The molecule has 0 aliphatic heterocycles. The molecule has 9 heteroatoms. The van der Waals surface area contributed by atoms with Crippen molar-refractivity contribution in [1.82, 2.24) is 9.97 Å². The number of aromatic amines is 2. The third kappa shape index (κ3) is 5.02. The number of hydrogen-bond donors (Lipinski definition) is 5. The summed E-state index contributed by atoms with van der Waals surface area (Å²) in [6.45, 7) is 0.117. The van der Waals surface area contributed by atoms with Crippen LogP contribution >= 0.6 is 0 Å². The Hall–Kier alpha value is -3.46. The number of nitrogens with one attached hydrogen (secondary N) is 5. The third-order valence-electron chi connectivity index (χ3n) is 3.83. The lowest BCUT2D eigenvalue weighted by Crippen LogP contribution is -3.11. The fourth-order valence-corrected chi connectivity index (χ4v) is 2.70. The number of amides is 2. The molecule has 3 rings (SSSR count). The Morgan fingerprint density at radius 1 is 0.963 bits per heavy atom. The summed E-state index contributed by atoms with van der Waals surface area (Å²) in [7, 11) is 1.71. The van der Waals surface area contributed by atoms with Gasteiger partial charge in [-0.05, 0) is 36.4 Å². The van der Waals surface area contributed by atoms with Crippen LogP contribution in [0.4, 0.5) is 15.8 Å². The molecule has 0 spiro atoms. The van der Waals surface area contributed by atoms with E-state index in [1.165, 1.54) is 18.2 Å². The zero-order valence-corrected chi connectivity index (χ0v) is 14.6. The van der Waals surface area contributed by atoms with Gasteiger partial charge in [0, 0.05) is 11.4 Å². The van der Waals surface area contributed by atoms with Gasteiger partial charge < -0.3 is 25.5 Å². The normalized spacial score (nSPS) is 11.9. The summed E-state index contributed by atoms with van der Waals surface area (Å²) in [5.41, 5.74) is 1.83. The van der Waals surface area contributed by atoms with Gasteiger partial charge in [0.25, 0.3) is 11.8 Å². The van der Waals surface area contributed by atoms with Gasteiger partial charge in [-0.3, -0.25) is 9.59 Å². The van der Waals surface area contributed by atoms with Crippen molar-refractivity contribution in [2.24, 2.45) is 0 Å². The third-order valence-corrected chi connectivity index (χ3v) is 3.83. The van der Waals surface area contributed by atoms with Crippen LogP contribution < -0.4 is 21.2 Å². The van der Waals surface area contributed by atoms with E-state index < -0.39 is 5.82 Å². The van der Waals surface area contributed by atoms with Gasteiger partial charge in [0.05, 0.1) is 18.1 Å². The van der Waals surface area contributed by atoms with Gasteiger partial charge in [-0.1, -0.05) is 6.07 Å². The van der Waals surface area contributed by atoms with Gasteiger partial charge in [0.2, 0.25) is 0 Å². The van der Waals surface area contributed by atoms with Gasteiger partial charge in [0.15, 0.2) is 13.1 Å². The number of anilines is 2. The molecule has 0 fully saturated rings. The summed E-state index contributed by atoms with van der Waals surface area (Å²) in [5, 5.41) is 5.32. The van der Waals surface area contributed by atoms with Crippen molar-refractivity contribution in [3.63, 3.8) is 0 Å². The number of carbonyl (C=O) groups excluding carboxylic acids is 2. The minimum Gasteiger partial charge on any atom is -0.322 e. The minimum absolute atomic E-state index is 0.0497. The van der Waals surface area contributed by atoms with E-state index in [0.717, 1.165) is 0 Å². The number of rotatable bonds is 6. The Kier molecular flexibility index (Phi) is 5.32. The fraction of sp³-hybridized carbons (Fsp3) is 0.167. The Labute approximate surface area is 153 Å². The van der Waals surface area contributed by atoms with Crippen LogP contribution in [-0.2, 0) is 9.59 Å². The number of carbonyl (C=O) groups is 2. The van der Waals surface area contributed by atoms with Crippen molar-refractivity contribution in [2.45, 2.75) is 0 Å². The first-order valence-corrected chi connectivity index (χ1v) is 8.27. The zero-order valence-electron chi connectivity index (χ0n) is 14.6. The SMILES string of the molecule is C[NH+](CC(=O)Nc1cccc(F)c1)CC(=O)Nc1ccc2[nH]c(=O)[nH]c2c1. The number of fused-ring (bicyclic) bond motifs is 1. The van der Waals surface area contributed by atoms with Gasteiger partial charge in [-0.25, -0.2) is 9.18 Å². The number of imidazole rings is 1. The first kappa shape index (κ1) is 18.3. The smallest absolute Gasteiger partial charge is 0.322 e. The molecule has 2 aromatic carbocycles. The molecule has 5 N–H and O–H groups in total. The molecular weight excluding hydrogens is 353 g/mol. The average Bonchev–Trinajstić information content (AvgIpc) is 2.93. The van der Waals surface area contributed by atoms with E-state index in [1.54, 1.807) is 31.3 Å². The molecule has 0 saturated heterocycles. The van der Waals surface area contributed by atoms with Gasteiger partial charge >= 0.3 is 5.69 Å². The van der Waals surface area contributed by atoms with Crippen LogP contribution in [0.5, 0.6) is 0 Å². The van der Waals surface area contributed by atoms with Crippen molar-refractivity contribution in [1.29, 1.82) is 0 Å². The molecule has 27 heavy (non-hydrogen) atoms. The Bertz CT molecular complexity index is 1040. The number of likely N-dealkylation sites (N-methyl/N-ethyl adjacent to an activating group) is 1. The molecule has 0 saturated carbocycles. The van der Waals surface area contributed by atoms with E-state index in [1.807, 2.05) is 0 Å². The van der Waals surface area contributed by atoms with Crippen LogP contribution in [-0.4, -0.2) is 41.9 Å². The van der Waals surface area contributed by atoms with Crippen LogP contribution in [0.15, 0.2) is 47.3 Å². The largest absolute Gasteiger partial charge is 0.323 e. The van der Waals surface area contributed by atoms with E-state index >= 15 is 0 Å². The zero-order chi connectivity index (χ0) is 19.4. The topological polar surface area (TPSA) is 111 Å². The number of H-pyrrole nitrogens is 2. The molecule has 0 aliphatic rings. The predicted octanol–water partition coefficient (Wildman–Crippen LogP) is 0.0872. The van der Waals surface area contributed by atoms with E-state index in [2.05, 4.69) is 20.6 Å². The highest BCUT2D eigenvalue weighted by molar-refractivity contribution is 5.94. The molecule has 0 radical (unpaired) electrons. The number of aromatic nitrogens is 2. The lowest BCUT2D eigenvalue weighted by Gasteiger charge is -2.14. The van der Waals surface area contributed by atoms with Crippen molar-refractivity contribution >= 4 is 34.2 Å². The highest BCUT2D eigenvalue weighted by atomic mass is 19.1. The molecule has 3 aromatic rings. The van der Waals surface area contributed by atoms with Crippen LogP contribution in [0.3, 0.4) is 0 Å². The standard InChI is InChI=1S/C18H18FN5O3/c1-24(9-16(25)20-12-4-2-3-11(19)7-12)10-17(26)21-13-5-6-14-15(8-13)23-18(27)22-14/h2-8H,9-10H2,1H3,(H,20,25)(H,21,26)(H2,22,23,27)/p+1. The first-order valence-electron chi connectivity index (χ1n) is 8.27. The van der Waals surface area contributed by atoms with Crippen LogP contribution in [0.25, 0.3) is 11.0 Å². The summed E-state index contributed by atoms with van der Waals surface area (Å²) < 4.78 is 13.1. The Morgan fingerprint density at radius 3 is 2.26 bits per heavy atom. The monoisotopic (exact) mass is 372 g/mol. The number of quaternary nitrogens is 1. The van der Waals surface area contributed by atoms with Crippen LogP contribution in [0.2, 0.25) is 0 Å². The lowest BCUT2D eigenvalue weighted by atomic mass is 10.2. The number of halogens is 1. The summed E-state index contributed by atoms with van der Waals surface area (Å²) in [6, 6.07) is 10.6. The van der Waals surface area contributed by atoms with Crippen molar-refractivity contribution < 1.29 is 18.9 Å². The highest BCUT2D eigenvalue weighted by Gasteiger charge is 2.15. The van der Waals surface area contributed by atoms with Gasteiger partial charge in [-0.15, -0.1) is 0 Å². The summed E-state index contributed by atoms with van der Waals surface area (Å²) in [5.74, 6) is -1.03. The second kappa shape index (κ2) is 7.83. The summed E-state index contributed by atoms with van der Waals surface area (Å²) in [6.07, 6.45) is 0. The average molecular weight is 372 g/mol. The van der Waals surface area contributed by atoms with Gasteiger partial charge in [-0.2, -0.15) is 0 Å². The lowest BCUT2D eigenvalue weighted by molar-refractivity contribution is -0.862. The fourth-order valence-electron chi connectivity index (χ4n) is 2.70. The van der Waals surface area contributed by atoms with E-state index in [4.69, 9.17) is 0 Å². The quantitative estimate of drug-likeness (QED) is 0.423. The summed E-state index contributed by atoms with van der Waals surface area (Å²) in [4.78, 5) is 41.3. The first-order chi connectivity index (χ1) is 12.9. The minimum atomic E-state index is -0.436. The molecule has 1 heterocycles. The molecule has 140 valence electrons. The van der Waals surface area contributed by atoms with Crippen LogP contribution in [0, 0.1) is 5.82 Å². The Morgan fingerprint density at radius 2 is 1.59 bits per heavy atom. The molecular formula is C18H19FN5O3+. The van der Waals surface area contributed by atoms with E-state index in [-0.39, 0.29) is 30.6 Å². The predicted molar refractivity (Wildman–Crippen MR) is 99.2 cm³/mol. The van der Waals surface area contributed by atoms with Crippen molar-refractivity contribution in [2.75, 3.05) is 30.8 Å². The molecule has 8 nitrogen and oxygen atoms in total. The molecule has 1 aromatic heterocycles. The Balaban J connectivity index is 1.51. The molecule has 0 bridgehead atoms. The van der Waals surface area contributed by atoms with Crippen LogP contribution in [0.1, 0.15) is 0 Å². The maximum atomic E-state index is 13.1. The maximum absolute atomic E-state index is 13.1. The van der Waals surface area contributed by atoms with E-state index in [9.17, 15) is 18.8 Å². The molecule has 0 aliphatic carbocycles. The number of benzene rings is 2. The van der Waals surface area contributed by atoms with E-state index in [0.29, 0.717) is 27.3 Å².